The number of hydrogen-bond donors (Lipinski definition) is 1. The molecule has 0 unspecified atom stereocenters. The molecule has 0 fully saturated rings. The molecule has 1 aromatic rings. The minimum absolute atomic E-state index is 0.0876. The standard InChI is InChI=1S/C17H26BrNO2/c1-4-7-19-8-6-17(2,3)13-11-15-16(12-14(13)18)21-10-5-9-20-15/h11-12,19H,4-10H2,1-3H3. The minimum atomic E-state index is 0.0876. The first-order valence-corrected chi connectivity index (χ1v) is 8.64. The van der Waals surface area contributed by atoms with Crippen molar-refractivity contribution in [1.29, 1.82) is 0 Å². The van der Waals surface area contributed by atoms with Crippen molar-refractivity contribution in [1.82, 2.24) is 5.32 Å². The second-order valence-corrected chi connectivity index (χ2v) is 7.07. The van der Waals surface area contributed by atoms with Gasteiger partial charge in [-0.1, -0.05) is 36.7 Å². The average Bonchev–Trinajstić information content (AvgIpc) is 2.67. The third-order valence-electron chi connectivity index (χ3n) is 3.92. The minimum Gasteiger partial charge on any atom is -0.490 e. The van der Waals surface area contributed by atoms with E-state index in [-0.39, 0.29) is 5.41 Å². The Balaban J connectivity index is 2.16. The number of benzene rings is 1. The third-order valence-corrected chi connectivity index (χ3v) is 4.58. The van der Waals surface area contributed by atoms with Crippen molar-refractivity contribution in [3.05, 3.63) is 22.2 Å². The highest BCUT2D eigenvalue weighted by atomic mass is 79.9. The number of fused-ring (bicyclic) bond motifs is 1. The maximum atomic E-state index is 5.82. The summed E-state index contributed by atoms with van der Waals surface area (Å²) in [5, 5.41) is 3.48. The number of halogens is 1. The largest absolute Gasteiger partial charge is 0.490 e. The van der Waals surface area contributed by atoms with Crippen molar-refractivity contribution in [2.75, 3.05) is 26.3 Å². The Hall–Kier alpha value is -0.740. The topological polar surface area (TPSA) is 30.5 Å². The molecule has 0 saturated heterocycles. The maximum Gasteiger partial charge on any atom is 0.162 e. The van der Waals surface area contributed by atoms with Crippen LogP contribution < -0.4 is 14.8 Å². The first-order chi connectivity index (χ1) is 10.0. The van der Waals surface area contributed by atoms with Crippen molar-refractivity contribution >= 4 is 15.9 Å². The van der Waals surface area contributed by atoms with Gasteiger partial charge in [-0.25, -0.2) is 0 Å². The molecule has 4 heteroatoms. The van der Waals surface area contributed by atoms with Gasteiger partial charge in [0.1, 0.15) is 0 Å². The van der Waals surface area contributed by atoms with E-state index in [4.69, 9.17) is 9.47 Å². The molecule has 118 valence electrons. The number of hydrogen-bond acceptors (Lipinski definition) is 3. The summed E-state index contributed by atoms with van der Waals surface area (Å²) >= 11 is 3.70. The van der Waals surface area contributed by atoms with Crippen LogP contribution in [0, 0.1) is 0 Å². The molecule has 0 bridgehead atoms. The van der Waals surface area contributed by atoms with Crippen molar-refractivity contribution < 1.29 is 9.47 Å². The molecule has 0 aromatic heterocycles. The molecule has 0 atom stereocenters. The summed E-state index contributed by atoms with van der Waals surface area (Å²) < 4.78 is 12.7. The van der Waals surface area contributed by atoms with Gasteiger partial charge in [-0.15, -0.1) is 0 Å². The molecule has 1 heterocycles. The molecule has 0 radical (unpaired) electrons. The van der Waals surface area contributed by atoms with Crippen molar-refractivity contribution in [3.63, 3.8) is 0 Å². The number of ether oxygens (including phenoxy) is 2. The summed E-state index contributed by atoms with van der Waals surface area (Å²) in [6.45, 7) is 10.3. The van der Waals surface area contributed by atoms with E-state index in [1.165, 1.54) is 12.0 Å². The lowest BCUT2D eigenvalue weighted by Crippen LogP contribution is -2.26. The van der Waals surface area contributed by atoms with Crippen molar-refractivity contribution in [2.45, 2.75) is 45.4 Å². The van der Waals surface area contributed by atoms with E-state index >= 15 is 0 Å². The number of rotatable bonds is 6. The molecule has 1 aliphatic heterocycles. The second-order valence-electron chi connectivity index (χ2n) is 6.21. The first-order valence-electron chi connectivity index (χ1n) is 7.85. The van der Waals surface area contributed by atoms with Crippen LogP contribution in [0.2, 0.25) is 0 Å². The van der Waals surface area contributed by atoms with Crippen LogP contribution in [0.1, 0.15) is 45.6 Å². The van der Waals surface area contributed by atoms with Crippen LogP contribution in [0.4, 0.5) is 0 Å². The van der Waals surface area contributed by atoms with Gasteiger partial charge in [0.05, 0.1) is 13.2 Å². The summed E-state index contributed by atoms with van der Waals surface area (Å²) in [4.78, 5) is 0. The summed E-state index contributed by atoms with van der Waals surface area (Å²) in [5.41, 5.74) is 1.37. The maximum absolute atomic E-state index is 5.82. The van der Waals surface area contributed by atoms with Crippen LogP contribution in [0.25, 0.3) is 0 Å². The van der Waals surface area contributed by atoms with Gasteiger partial charge in [0, 0.05) is 10.9 Å². The Morgan fingerprint density at radius 2 is 1.81 bits per heavy atom. The highest BCUT2D eigenvalue weighted by Crippen LogP contribution is 2.41. The predicted molar refractivity (Wildman–Crippen MR) is 90.6 cm³/mol. The van der Waals surface area contributed by atoms with Gasteiger partial charge in [-0.3, -0.25) is 0 Å². The van der Waals surface area contributed by atoms with Crippen LogP contribution in [0.3, 0.4) is 0 Å². The van der Waals surface area contributed by atoms with Gasteiger partial charge < -0.3 is 14.8 Å². The van der Waals surface area contributed by atoms with Crippen LogP contribution >= 0.6 is 15.9 Å². The van der Waals surface area contributed by atoms with E-state index in [1.54, 1.807) is 0 Å². The highest BCUT2D eigenvalue weighted by Gasteiger charge is 2.25. The van der Waals surface area contributed by atoms with E-state index in [0.29, 0.717) is 0 Å². The second kappa shape index (κ2) is 7.50. The Kier molecular flexibility index (Phi) is 5.94. The zero-order valence-electron chi connectivity index (χ0n) is 13.3. The molecule has 0 saturated carbocycles. The summed E-state index contributed by atoms with van der Waals surface area (Å²) in [6, 6.07) is 4.20. The Labute approximate surface area is 136 Å². The van der Waals surface area contributed by atoms with Crippen molar-refractivity contribution in [2.24, 2.45) is 0 Å². The lowest BCUT2D eigenvalue weighted by atomic mass is 9.81. The van der Waals surface area contributed by atoms with E-state index in [1.807, 2.05) is 0 Å². The molecule has 0 aliphatic carbocycles. The van der Waals surface area contributed by atoms with Gasteiger partial charge >= 0.3 is 0 Å². The fourth-order valence-corrected chi connectivity index (χ4v) is 3.40. The van der Waals surface area contributed by atoms with E-state index in [9.17, 15) is 0 Å². The van der Waals surface area contributed by atoms with Gasteiger partial charge in [-0.05, 0) is 49.0 Å². The Bertz CT molecular complexity index is 474. The normalized spacial score (nSPS) is 14.9. The molecular weight excluding hydrogens is 330 g/mol. The predicted octanol–water partition coefficient (Wildman–Crippen LogP) is 4.28. The molecule has 1 aromatic carbocycles. The molecule has 2 rings (SSSR count). The molecule has 21 heavy (non-hydrogen) atoms. The van der Waals surface area contributed by atoms with Crippen LogP contribution in [-0.4, -0.2) is 26.3 Å². The molecule has 1 aliphatic rings. The van der Waals surface area contributed by atoms with E-state index in [2.05, 4.69) is 54.2 Å². The van der Waals surface area contributed by atoms with Gasteiger partial charge in [0.25, 0.3) is 0 Å². The van der Waals surface area contributed by atoms with E-state index in [0.717, 1.165) is 55.1 Å². The first kappa shape index (κ1) is 16.6. The smallest absolute Gasteiger partial charge is 0.162 e. The van der Waals surface area contributed by atoms with Gasteiger partial charge in [0.2, 0.25) is 0 Å². The lowest BCUT2D eigenvalue weighted by molar-refractivity contribution is 0.296. The molecule has 3 nitrogen and oxygen atoms in total. The lowest BCUT2D eigenvalue weighted by Gasteiger charge is -2.27. The summed E-state index contributed by atoms with van der Waals surface area (Å²) in [5.74, 6) is 1.73. The average molecular weight is 356 g/mol. The van der Waals surface area contributed by atoms with Crippen LogP contribution in [-0.2, 0) is 5.41 Å². The van der Waals surface area contributed by atoms with Gasteiger partial charge in [0.15, 0.2) is 11.5 Å². The Morgan fingerprint density at radius 3 is 2.48 bits per heavy atom. The quantitative estimate of drug-likeness (QED) is 0.772. The van der Waals surface area contributed by atoms with Gasteiger partial charge in [-0.2, -0.15) is 0 Å². The molecule has 1 N–H and O–H groups in total. The zero-order valence-corrected chi connectivity index (χ0v) is 14.9. The summed E-state index contributed by atoms with van der Waals surface area (Å²) in [6.07, 6.45) is 3.20. The monoisotopic (exact) mass is 355 g/mol. The SMILES string of the molecule is CCCNCCC(C)(C)c1cc2c(cc1Br)OCCCO2. The number of nitrogens with one attached hydrogen (secondary N) is 1. The molecule has 0 spiro atoms. The van der Waals surface area contributed by atoms with E-state index < -0.39 is 0 Å². The fraction of sp³-hybridized carbons (Fsp3) is 0.647. The van der Waals surface area contributed by atoms with Crippen molar-refractivity contribution in [3.8, 4) is 11.5 Å². The Morgan fingerprint density at radius 1 is 1.14 bits per heavy atom. The third kappa shape index (κ3) is 4.36. The zero-order chi connectivity index (χ0) is 15.3. The fourth-order valence-electron chi connectivity index (χ4n) is 2.54. The molecule has 0 amide bonds. The highest BCUT2D eigenvalue weighted by molar-refractivity contribution is 9.10. The summed E-state index contributed by atoms with van der Waals surface area (Å²) in [7, 11) is 0. The molecular formula is C17H26BrNO2. The van der Waals surface area contributed by atoms with Crippen LogP contribution in [0.5, 0.6) is 11.5 Å². The van der Waals surface area contributed by atoms with Crippen LogP contribution in [0.15, 0.2) is 16.6 Å².